The van der Waals surface area contributed by atoms with E-state index in [-0.39, 0.29) is 5.78 Å². The molecule has 4 aromatic rings. The van der Waals surface area contributed by atoms with Gasteiger partial charge in [-0.3, -0.25) is 4.79 Å². The van der Waals surface area contributed by atoms with Gasteiger partial charge in [-0.25, -0.2) is 0 Å². The van der Waals surface area contributed by atoms with Gasteiger partial charge < -0.3 is 5.73 Å². The van der Waals surface area contributed by atoms with Gasteiger partial charge in [-0.2, -0.15) is 4.57 Å². The van der Waals surface area contributed by atoms with E-state index in [9.17, 15) is 4.79 Å². The molecule has 0 saturated heterocycles. The summed E-state index contributed by atoms with van der Waals surface area (Å²) in [6.07, 6.45) is 3.93. The third-order valence-electron chi connectivity index (χ3n) is 4.59. The molecule has 2 aromatic carbocycles. The molecule has 3 nitrogen and oxygen atoms in total. The van der Waals surface area contributed by atoms with Crippen molar-refractivity contribution in [3.8, 4) is 5.69 Å². The quantitative estimate of drug-likeness (QED) is 0.258. The number of nitrogens with zero attached hydrogens (tertiary/aromatic N) is 1. The van der Waals surface area contributed by atoms with Crippen LogP contribution in [0.5, 0.6) is 0 Å². The zero-order chi connectivity index (χ0) is 20.2. The number of carbonyl (C=O) groups excluding carboxylic acids is 1. The third kappa shape index (κ3) is 4.26. The van der Waals surface area contributed by atoms with Crippen LogP contribution in [0.3, 0.4) is 0 Å². The molecule has 0 spiro atoms. The largest absolute Gasteiger partial charge is 0.392 e. The second kappa shape index (κ2) is 8.64. The number of nitrogen functional groups attached to an aromatic ring is 1. The number of rotatable bonds is 6. The second-order valence-corrected chi connectivity index (χ2v) is 9.00. The first-order valence-electron chi connectivity index (χ1n) is 9.30. The van der Waals surface area contributed by atoms with E-state index < -0.39 is 0 Å². The van der Waals surface area contributed by atoms with Crippen LogP contribution in [0.25, 0.3) is 5.69 Å². The Morgan fingerprint density at radius 1 is 0.966 bits per heavy atom. The molecule has 0 bridgehead atoms. The number of hydrogen-bond donors (Lipinski definition) is 1. The normalized spacial score (nSPS) is 10.8. The summed E-state index contributed by atoms with van der Waals surface area (Å²) in [6, 6.07) is 23.7. The van der Waals surface area contributed by atoms with Gasteiger partial charge in [0, 0.05) is 23.4 Å². The van der Waals surface area contributed by atoms with E-state index >= 15 is 0 Å². The number of anilines is 1. The lowest BCUT2D eigenvalue weighted by molar-refractivity contribution is -0.596. The Labute approximate surface area is 178 Å². The average molecular weight is 418 g/mol. The van der Waals surface area contributed by atoms with Gasteiger partial charge in [0.2, 0.25) is 5.78 Å². The maximum absolute atomic E-state index is 13.1. The molecule has 0 aliphatic rings. The molecule has 0 radical (unpaired) electrons. The van der Waals surface area contributed by atoms with Crippen LogP contribution in [0.2, 0.25) is 0 Å². The number of ketones is 1. The molecular weight excluding hydrogens is 396 g/mol. The standard InChI is InChI=1S/C24H20N2OS2/c1-17-10-12-18(13-11-17)16-28-24-21(26-14-6-3-7-15-26)20(25)23(29-24)22(27)19-8-4-2-5-9-19/h2-15H,16H2,1H3,(H-,25,27)/p+1. The fraction of sp³-hybridized carbons (Fsp3) is 0.0833. The van der Waals surface area contributed by atoms with Crippen LogP contribution in [0.15, 0.2) is 89.4 Å². The van der Waals surface area contributed by atoms with Crippen molar-refractivity contribution in [3.05, 3.63) is 107 Å². The summed E-state index contributed by atoms with van der Waals surface area (Å²) in [5, 5.41) is 0. The first kappa shape index (κ1) is 19.4. The smallest absolute Gasteiger partial charge is 0.259 e. The molecule has 0 atom stereocenters. The molecule has 4 rings (SSSR count). The Kier molecular flexibility index (Phi) is 5.79. The van der Waals surface area contributed by atoms with Crippen LogP contribution in [-0.2, 0) is 5.75 Å². The summed E-state index contributed by atoms with van der Waals surface area (Å²) in [7, 11) is 0. The van der Waals surface area contributed by atoms with Crippen molar-refractivity contribution in [1.29, 1.82) is 0 Å². The molecule has 144 valence electrons. The van der Waals surface area contributed by atoms with E-state index in [2.05, 4.69) is 31.2 Å². The van der Waals surface area contributed by atoms with Crippen LogP contribution < -0.4 is 10.3 Å². The van der Waals surface area contributed by atoms with Crippen LogP contribution in [0, 0.1) is 6.92 Å². The van der Waals surface area contributed by atoms with E-state index in [1.54, 1.807) is 11.8 Å². The Hall–Kier alpha value is -2.89. The second-order valence-electron chi connectivity index (χ2n) is 6.73. The number of nitrogens with two attached hydrogens (primary N) is 1. The lowest BCUT2D eigenvalue weighted by Gasteiger charge is -2.02. The predicted octanol–water partition coefficient (Wildman–Crippen LogP) is 5.44. The molecule has 5 heteroatoms. The summed E-state index contributed by atoms with van der Waals surface area (Å²) in [6.45, 7) is 2.09. The lowest BCUT2D eigenvalue weighted by atomic mass is 10.1. The predicted molar refractivity (Wildman–Crippen MR) is 121 cm³/mol. The van der Waals surface area contributed by atoms with Crippen molar-refractivity contribution >= 4 is 34.6 Å². The monoisotopic (exact) mass is 417 g/mol. The first-order valence-corrected chi connectivity index (χ1v) is 11.1. The molecule has 29 heavy (non-hydrogen) atoms. The summed E-state index contributed by atoms with van der Waals surface area (Å²) in [4.78, 5) is 13.7. The summed E-state index contributed by atoms with van der Waals surface area (Å²) >= 11 is 3.19. The highest BCUT2D eigenvalue weighted by Crippen LogP contribution is 2.40. The van der Waals surface area contributed by atoms with Crippen molar-refractivity contribution in [2.75, 3.05) is 5.73 Å². The zero-order valence-corrected chi connectivity index (χ0v) is 17.7. The Morgan fingerprint density at radius 3 is 2.31 bits per heavy atom. The molecule has 0 unspecified atom stereocenters. The molecular formula is C24H21N2OS2+. The number of aromatic nitrogens is 1. The minimum Gasteiger partial charge on any atom is -0.392 e. The third-order valence-corrected chi connectivity index (χ3v) is 7.12. The molecule has 2 heterocycles. The summed E-state index contributed by atoms with van der Waals surface area (Å²) in [5.74, 6) is 0.785. The van der Waals surface area contributed by atoms with Gasteiger partial charge in [-0.1, -0.05) is 66.2 Å². The number of benzene rings is 2. The topological polar surface area (TPSA) is 47.0 Å². The minimum atomic E-state index is -0.0342. The van der Waals surface area contributed by atoms with Crippen molar-refractivity contribution in [2.24, 2.45) is 0 Å². The van der Waals surface area contributed by atoms with Crippen molar-refractivity contribution in [2.45, 2.75) is 16.9 Å². The number of thioether (sulfide) groups is 1. The van der Waals surface area contributed by atoms with Gasteiger partial charge >= 0.3 is 0 Å². The Balaban J connectivity index is 1.72. The van der Waals surface area contributed by atoms with Crippen LogP contribution in [0.4, 0.5) is 5.69 Å². The maximum atomic E-state index is 13.1. The van der Waals surface area contributed by atoms with E-state index in [0.717, 1.165) is 15.6 Å². The molecule has 0 fully saturated rings. The van der Waals surface area contributed by atoms with Crippen LogP contribution in [0.1, 0.15) is 26.4 Å². The van der Waals surface area contributed by atoms with Crippen LogP contribution >= 0.6 is 23.1 Å². The van der Waals surface area contributed by atoms with E-state index in [1.165, 1.54) is 22.5 Å². The first-order chi connectivity index (χ1) is 14.1. The van der Waals surface area contributed by atoms with E-state index in [0.29, 0.717) is 16.1 Å². The highest BCUT2D eigenvalue weighted by Gasteiger charge is 2.28. The Morgan fingerprint density at radius 2 is 1.62 bits per heavy atom. The van der Waals surface area contributed by atoms with Gasteiger partial charge in [0.1, 0.15) is 14.8 Å². The van der Waals surface area contributed by atoms with E-state index in [1.807, 2.05) is 65.5 Å². The molecule has 2 N–H and O–H groups in total. The average Bonchev–Trinajstić information content (AvgIpc) is 3.10. The molecule has 2 aromatic heterocycles. The summed E-state index contributed by atoms with van der Waals surface area (Å²) in [5.41, 5.74) is 11.1. The van der Waals surface area contributed by atoms with Crippen LogP contribution in [-0.4, -0.2) is 5.78 Å². The number of carbonyl (C=O) groups is 1. The van der Waals surface area contributed by atoms with Crippen molar-refractivity contribution in [1.82, 2.24) is 0 Å². The molecule has 0 aliphatic heterocycles. The van der Waals surface area contributed by atoms with E-state index in [4.69, 9.17) is 5.73 Å². The number of hydrogen-bond acceptors (Lipinski definition) is 4. The van der Waals surface area contributed by atoms with Gasteiger partial charge in [0.05, 0.1) is 0 Å². The highest BCUT2D eigenvalue weighted by atomic mass is 32.2. The highest BCUT2D eigenvalue weighted by molar-refractivity contribution is 8.00. The Bertz CT molecular complexity index is 1120. The lowest BCUT2D eigenvalue weighted by Crippen LogP contribution is -2.30. The number of pyridine rings is 1. The van der Waals surface area contributed by atoms with Gasteiger partial charge in [0.25, 0.3) is 5.69 Å². The SMILES string of the molecule is Cc1ccc(CSc2sc(C(=O)c3ccccc3)c(N)c2-[n+]2ccccc2)cc1. The number of aryl methyl sites for hydroxylation is 1. The van der Waals surface area contributed by atoms with Crippen molar-refractivity contribution in [3.63, 3.8) is 0 Å². The van der Waals surface area contributed by atoms with Gasteiger partial charge in [0.15, 0.2) is 12.4 Å². The van der Waals surface area contributed by atoms with Gasteiger partial charge in [-0.15, -0.1) is 23.1 Å². The zero-order valence-electron chi connectivity index (χ0n) is 16.0. The van der Waals surface area contributed by atoms with Gasteiger partial charge in [-0.05, 0) is 12.5 Å². The number of thiophene rings is 1. The molecule has 0 amide bonds. The summed E-state index contributed by atoms with van der Waals surface area (Å²) < 4.78 is 3.03. The fourth-order valence-corrected chi connectivity index (χ4v) is 5.45. The fourth-order valence-electron chi connectivity index (χ4n) is 3.03. The molecule has 0 aliphatic carbocycles. The minimum absolute atomic E-state index is 0.0342. The van der Waals surface area contributed by atoms with Crippen molar-refractivity contribution < 1.29 is 9.36 Å². The maximum Gasteiger partial charge on any atom is 0.259 e. The molecule has 0 saturated carbocycles.